The average Bonchev–Trinajstić information content (AvgIpc) is 2.92. The molecular formula is C18H34N2O2. The summed E-state index contributed by atoms with van der Waals surface area (Å²) in [6.07, 6.45) is 15.8. The molecule has 22 heavy (non-hydrogen) atoms. The molecule has 0 spiro atoms. The molecule has 1 rings (SSSR count). The van der Waals surface area contributed by atoms with Crippen molar-refractivity contribution in [1.29, 1.82) is 0 Å². The number of carbonyl (C=O) groups is 1. The fourth-order valence-electron chi connectivity index (χ4n) is 2.17. The van der Waals surface area contributed by atoms with Gasteiger partial charge in [-0.1, -0.05) is 52.4 Å². The minimum Gasteiger partial charge on any atom is -0.550 e. The first-order valence-electron chi connectivity index (χ1n) is 8.73. The fraction of sp³-hybridized carbons (Fsp3) is 0.778. The molecule has 0 aliphatic rings. The molecule has 0 aliphatic carbocycles. The normalized spacial score (nSPS) is 11.6. The predicted molar refractivity (Wildman–Crippen MR) is 88.2 cm³/mol. The third kappa shape index (κ3) is 11.4. The van der Waals surface area contributed by atoms with E-state index in [1.165, 1.54) is 38.5 Å². The van der Waals surface area contributed by atoms with Gasteiger partial charge in [-0.05, 0) is 26.2 Å². The van der Waals surface area contributed by atoms with Crippen LogP contribution in [-0.2, 0) is 11.8 Å². The molecule has 0 fully saturated rings. The molecule has 0 amide bonds. The van der Waals surface area contributed by atoms with Crippen LogP contribution in [0.5, 0.6) is 0 Å². The number of unbranched alkanes of at least 4 members (excludes halogenated alkanes) is 6. The smallest absolute Gasteiger partial charge is 0.243 e. The summed E-state index contributed by atoms with van der Waals surface area (Å²) in [6.45, 7) is 6.61. The molecule has 1 aromatic heterocycles. The summed E-state index contributed by atoms with van der Waals surface area (Å²) >= 11 is 0. The number of rotatable bonds is 10. The molecule has 1 unspecified atom stereocenters. The maximum atomic E-state index is 10.0. The number of carbonyl (C=O) groups excluding carboxylic acids is 1. The van der Waals surface area contributed by atoms with E-state index in [9.17, 15) is 9.90 Å². The van der Waals surface area contributed by atoms with E-state index < -0.39 is 5.97 Å². The first-order valence-corrected chi connectivity index (χ1v) is 8.73. The first kappa shape index (κ1) is 20.7. The van der Waals surface area contributed by atoms with E-state index in [4.69, 9.17) is 0 Å². The lowest BCUT2D eigenvalue weighted by Crippen LogP contribution is -2.24. The van der Waals surface area contributed by atoms with Gasteiger partial charge in [0.15, 0.2) is 0 Å². The van der Waals surface area contributed by atoms with Gasteiger partial charge in [-0.2, -0.15) is 0 Å². The van der Waals surface area contributed by atoms with Crippen molar-refractivity contribution in [3.63, 3.8) is 0 Å². The average molecular weight is 310 g/mol. The lowest BCUT2D eigenvalue weighted by Gasteiger charge is -2.01. The Morgan fingerprint density at radius 1 is 1.14 bits per heavy atom. The molecule has 0 saturated carbocycles. The van der Waals surface area contributed by atoms with Crippen LogP contribution in [-0.4, -0.2) is 10.5 Å². The minimum atomic E-state index is -0.913. The van der Waals surface area contributed by atoms with Crippen LogP contribution in [0.15, 0.2) is 18.7 Å². The monoisotopic (exact) mass is 310 g/mol. The summed E-state index contributed by atoms with van der Waals surface area (Å²) in [5.74, 6) is -0.913. The van der Waals surface area contributed by atoms with Gasteiger partial charge in [0, 0.05) is 5.97 Å². The van der Waals surface area contributed by atoms with E-state index in [1.807, 2.05) is 7.05 Å². The molecule has 0 bridgehead atoms. The maximum Gasteiger partial charge on any atom is 0.243 e. The van der Waals surface area contributed by atoms with E-state index in [2.05, 4.69) is 48.6 Å². The van der Waals surface area contributed by atoms with Crippen molar-refractivity contribution in [2.24, 2.45) is 7.05 Å². The molecule has 1 atom stereocenters. The number of imidazole rings is 1. The molecule has 1 heterocycles. The molecule has 0 N–H and O–H groups in total. The lowest BCUT2D eigenvalue weighted by molar-refractivity contribution is -0.671. The Morgan fingerprint density at radius 3 is 2.18 bits per heavy atom. The number of hydrogen-bond donors (Lipinski definition) is 0. The van der Waals surface area contributed by atoms with Crippen molar-refractivity contribution in [3.05, 3.63) is 18.7 Å². The van der Waals surface area contributed by atoms with Crippen molar-refractivity contribution in [3.8, 4) is 0 Å². The van der Waals surface area contributed by atoms with Crippen LogP contribution in [0.4, 0.5) is 0 Å². The number of hydrogen-bond acceptors (Lipinski definition) is 2. The second kappa shape index (κ2) is 13.4. The fourth-order valence-corrected chi connectivity index (χ4v) is 2.17. The van der Waals surface area contributed by atoms with Gasteiger partial charge in [-0.25, -0.2) is 9.13 Å². The van der Waals surface area contributed by atoms with E-state index in [0.717, 1.165) is 12.8 Å². The van der Waals surface area contributed by atoms with Gasteiger partial charge >= 0.3 is 0 Å². The van der Waals surface area contributed by atoms with Crippen LogP contribution < -0.4 is 9.67 Å². The second-order valence-electron chi connectivity index (χ2n) is 6.03. The third-order valence-electron chi connectivity index (χ3n) is 3.87. The predicted octanol–water partition coefficient (Wildman–Crippen LogP) is 3.16. The van der Waals surface area contributed by atoms with E-state index in [0.29, 0.717) is 6.04 Å². The van der Waals surface area contributed by atoms with Crippen molar-refractivity contribution < 1.29 is 14.5 Å². The summed E-state index contributed by atoms with van der Waals surface area (Å²) in [5.41, 5.74) is 0. The third-order valence-corrected chi connectivity index (χ3v) is 3.87. The van der Waals surface area contributed by atoms with Gasteiger partial charge in [0.2, 0.25) is 6.33 Å². The highest BCUT2D eigenvalue weighted by Crippen LogP contribution is 2.08. The molecule has 0 aliphatic heterocycles. The molecule has 0 aromatic carbocycles. The zero-order chi connectivity index (χ0) is 16.8. The largest absolute Gasteiger partial charge is 0.550 e. The molecule has 4 nitrogen and oxygen atoms in total. The highest BCUT2D eigenvalue weighted by atomic mass is 16.4. The quantitative estimate of drug-likeness (QED) is 0.492. The Bertz CT molecular complexity index is 388. The number of aromatic nitrogens is 2. The van der Waals surface area contributed by atoms with E-state index in [-0.39, 0.29) is 6.42 Å². The number of aryl methyl sites for hydroxylation is 1. The Kier molecular flexibility index (Phi) is 12.5. The summed E-state index contributed by atoms with van der Waals surface area (Å²) in [4.78, 5) is 10.0. The number of aliphatic carboxylic acids is 1. The first-order chi connectivity index (χ1) is 10.5. The summed E-state index contributed by atoms with van der Waals surface area (Å²) in [7, 11) is 2.04. The standard InChI is InChI=1S/C10H20O2.C8H15N2/c1-2-3-4-5-6-7-8-9-10(11)12;1-4-8(2)10-6-5-9(3)7-10/h2-9H2,1H3,(H,11,12);5-8H,4H2,1-3H3/q;+1/p-1. The van der Waals surface area contributed by atoms with Gasteiger partial charge in [0.1, 0.15) is 12.4 Å². The van der Waals surface area contributed by atoms with Crippen LogP contribution in [0, 0.1) is 0 Å². The second-order valence-corrected chi connectivity index (χ2v) is 6.03. The van der Waals surface area contributed by atoms with E-state index >= 15 is 0 Å². The highest BCUT2D eigenvalue weighted by molar-refractivity contribution is 5.63. The minimum absolute atomic E-state index is 0.230. The van der Waals surface area contributed by atoms with Crippen LogP contribution in [0.25, 0.3) is 0 Å². The summed E-state index contributed by atoms with van der Waals surface area (Å²) in [6, 6.07) is 0.626. The van der Waals surface area contributed by atoms with Crippen molar-refractivity contribution in [2.75, 3.05) is 0 Å². The van der Waals surface area contributed by atoms with Gasteiger partial charge < -0.3 is 9.90 Å². The van der Waals surface area contributed by atoms with Gasteiger partial charge in [-0.15, -0.1) is 0 Å². The molecule has 4 heteroatoms. The number of carboxylic acids is 1. The van der Waals surface area contributed by atoms with Crippen molar-refractivity contribution >= 4 is 5.97 Å². The number of carboxylic acid groups (broad SMARTS) is 1. The maximum absolute atomic E-state index is 10.0. The van der Waals surface area contributed by atoms with Gasteiger partial charge in [0.25, 0.3) is 0 Å². The van der Waals surface area contributed by atoms with Crippen molar-refractivity contribution in [2.45, 2.75) is 84.6 Å². The van der Waals surface area contributed by atoms with Gasteiger partial charge in [0.05, 0.1) is 13.1 Å². The molecular weight excluding hydrogens is 276 g/mol. The Morgan fingerprint density at radius 2 is 1.73 bits per heavy atom. The van der Waals surface area contributed by atoms with Crippen LogP contribution in [0.3, 0.4) is 0 Å². The molecule has 0 saturated heterocycles. The van der Waals surface area contributed by atoms with Crippen LogP contribution >= 0.6 is 0 Å². The summed E-state index contributed by atoms with van der Waals surface area (Å²) in [5, 5.41) is 10.0. The zero-order valence-corrected chi connectivity index (χ0v) is 14.9. The molecule has 128 valence electrons. The Balaban J connectivity index is 0.000000406. The number of nitrogens with zero attached hydrogens (tertiary/aromatic N) is 2. The Labute approximate surface area is 136 Å². The van der Waals surface area contributed by atoms with Crippen molar-refractivity contribution in [1.82, 2.24) is 4.57 Å². The SMILES string of the molecule is CCC(C)n1cc[n+](C)c1.CCCCCCCCCC(=O)[O-]. The summed E-state index contributed by atoms with van der Waals surface area (Å²) < 4.78 is 4.28. The van der Waals surface area contributed by atoms with Gasteiger partial charge in [-0.3, -0.25) is 0 Å². The van der Waals surface area contributed by atoms with E-state index in [1.54, 1.807) is 0 Å². The van der Waals surface area contributed by atoms with Crippen LogP contribution in [0.1, 0.15) is 84.6 Å². The topological polar surface area (TPSA) is 48.9 Å². The molecule has 1 aromatic rings. The lowest BCUT2D eigenvalue weighted by atomic mass is 10.1. The zero-order valence-electron chi connectivity index (χ0n) is 14.9. The van der Waals surface area contributed by atoms with Crippen LogP contribution in [0.2, 0.25) is 0 Å². The highest BCUT2D eigenvalue weighted by Gasteiger charge is 2.06. The Hall–Kier alpha value is -1.32. The molecule has 0 radical (unpaired) electrons.